The van der Waals surface area contributed by atoms with E-state index in [4.69, 9.17) is 35.2 Å². The predicted molar refractivity (Wildman–Crippen MR) is 150 cm³/mol. The molecule has 0 saturated carbocycles. The van der Waals surface area contributed by atoms with Gasteiger partial charge in [-0.3, -0.25) is 0 Å². The summed E-state index contributed by atoms with van der Waals surface area (Å²) in [5, 5.41) is 0. The van der Waals surface area contributed by atoms with E-state index >= 15 is 0 Å². The fourth-order valence-electron chi connectivity index (χ4n) is 3.37. The maximum atomic E-state index is 12.3. The van der Waals surface area contributed by atoms with Crippen molar-refractivity contribution in [2.24, 2.45) is 0 Å². The highest BCUT2D eigenvalue weighted by Crippen LogP contribution is 2.21. The van der Waals surface area contributed by atoms with Gasteiger partial charge in [0.2, 0.25) is 0 Å². The molecule has 13 heteroatoms. The number of carbonyl (C=O) groups is 3. The lowest BCUT2D eigenvalue weighted by atomic mass is 10.2. The van der Waals surface area contributed by atoms with Crippen molar-refractivity contribution in [1.82, 2.24) is 0 Å². The van der Waals surface area contributed by atoms with Crippen molar-refractivity contribution in [3.05, 3.63) is 89.5 Å². The molecule has 3 rings (SSSR count). The molecule has 0 aliphatic rings. The first-order valence-corrected chi connectivity index (χ1v) is 12.9. The van der Waals surface area contributed by atoms with Crippen LogP contribution in [0.3, 0.4) is 0 Å². The van der Waals surface area contributed by atoms with E-state index in [-0.39, 0.29) is 49.1 Å². The first-order chi connectivity index (χ1) is 20.5. The van der Waals surface area contributed by atoms with Gasteiger partial charge in [0.15, 0.2) is 0 Å². The number of esters is 3. The van der Waals surface area contributed by atoms with Crippen LogP contribution in [-0.2, 0) is 19.0 Å². The minimum Gasteiger partial charge on any atom is -0.493 e. The zero-order valence-electron chi connectivity index (χ0n) is 22.8. The minimum absolute atomic E-state index is 0.0116. The number of hydrogen-bond donors (Lipinski definition) is 2. The molecule has 0 aliphatic carbocycles. The van der Waals surface area contributed by atoms with Gasteiger partial charge in [-0.2, -0.15) is 13.2 Å². The van der Waals surface area contributed by atoms with E-state index in [0.717, 1.165) is 0 Å². The molecule has 0 amide bonds. The Bertz CT molecular complexity index is 1390. The maximum absolute atomic E-state index is 12.3. The normalized spacial score (nSPS) is 11.2. The van der Waals surface area contributed by atoms with Crippen LogP contribution < -0.4 is 20.9 Å². The van der Waals surface area contributed by atoms with Crippen molar-refractivity contribution < 1.29 is 51.2 Å². The van der Waals surface area contributed by atoms with Crippen LogP contribution in [-0.4, -0.2) is 57.1 Å². The summed E-state index contributed by atoms with van der Waals surface area (Å²) in [4.78, 5) is 36.2. The number of hydrogen-bond acceptors (Lipinski definition) is 10. The minimum atomic E-state index is -4.31. The summed E-state index contributed by atoms with van der Waals surface area (Å²) in [6, 6.07) is 16.2. The van der Waals surface area contributed by atoms with Gasteiger partial charge in [-0.05, 0) is 66.2 Å². The molecule has 0 atom stereocenters. The smallest absolute Gasteiger partial charge is 0.392 e. The molecule has 0 saturated heterocycles. The number of rotatable bonds is 14. The van der Waals surface area contributed by atoms with Crippen LogP contribution in [0.4, 0.5) is 24.5 Å². The van der Waals surface area contributed by atoms with Crippen LogP contribution in [0.1, 0.15) is 32.7 Å². The van der Waals surface area contributed by atoms with Crippen molar-refractivity contribution in [3.8, 4) is 11.5 Å². The van der Waals surface area contributed by atoms with Gasteiger partial charge in [0.1, 0.15) is 24.7 Å². The lowest BCUT2D eigenvalue weighted by Gasteiger charge is -2.09. The summed E-state index contributed by atoms with van der Waals surface area (Å²) < 4.78 is 62.3. The van der Waals surface area contributed by atoms with Gasteiger partial charge in [-0.25, -0.2) is 14.4 Å². The molecule has 0 radical (unpaired) electrons. The molecular formula is C30H29F3N2O8. The summed E-state index contributed by atoms with van der Waals surface area (Å²) >= 11 is 0. The second-order valence-corrected chi connectivity index (χ2v) is 8.83. The topological polar surface area (TPSA) is 149 Å². The zero-order chi connectivity index (χ0) is 31.2. The number of anilines is 2. The molecule has 0 fully saturated rings. The standard InChI is InChI=1S/C30H29F3N2O8/c31-30(32,33)11-12-40-25-8-4-21(5-9-25)29(38)43-26-6-1-20(2-7-26)3-10-27(36)41-15-13-39-14-16-42-28(37)22-17-23(34)19-24(35)18-22/h1-10,17-19H,11-16,34-35H2/b10-3+. The third kappa shape index (κ3) is 12.2. The van der Waals surface area contributed by atoms with Gasteiger partial charge in [0, 0.05) is 17.5 Å². The Labute approximate surface area is 244 Å². The summed E-state index contributed by atoms with van der Waals surface area (Å²) in [7, 11) is 0. The van der Waals surface area contributed by atoms with Crippen molar-refractivity contribution in [2.45, 2.75) is 12.6 Å². The van der Waals surface area contributed by atoms with Crippen LogP contribution >= 0.6 is 0 Å². The van der Waals surface area contributed by atoms with Crippen molar-refractivity contribution in [2.75, 3.05) is 44.5 Å². The molecule has 0 unspecified atom stereocenters. The van der Waals surface area contributed by atoms with Crippen LogP contribution in [0.25, 0.3) is 6.08 Å². The fourth-order valence-corrected chi connectivity index (χ4v) is 3.37. The van der Waals surface area contributed by atoms with E-state index < -0.39 is 37.1 Å². The van der Waals surface area contributed by atoms with Gasteiger partial charge < -0.3 is 35.2 Å². The number of ether oxygens (including phenoxy) is 5. The van der Waals surface area contributed by atoms with Gasteiger partial charge in [0.25, 0.3) is 0 Å². The largest absolute Gasteiger partial charge is 0.493 e. The first kappa shape index (κ1) is 32.5. The van der Waals surface area contributed by atoms with Gasteiger partial charge in [-0.15, -0.1) is 0 Å². The Morgan fingerprint density at radius 3 is 1.93 bits per heavy atom. The highest BCUT2D eigenvalue weighted by Gasteiger charge is 2.26. The van der Waals surface area contributed by atoms with Gasteiger partial charge >= 0.3 is 24.1 Å². The summed E-state index contributed by atoms with van der Waals surface area (Å²) in [6.07, 6.45) is -2.66. The lowest BCUT2D eigenvalue weighted by Crippen LogP contribution is -2.14. The average Bonchev–Trinajstić information content (AvgIpc) is 2.95. The molecule has 0 heterocycles. The number of benzene rings is 3. The highest BCUT2D eigenvalue weighted by atomic mass is 19.4. The Balaban J connectivity index is 1.31. The molecule has 10 nitrogen and oxygen atoms in total. The number of nitrogens with two attached hydrogens (primary N) is 2. The summed E-state index contributed by atoms with van der Waals surface area (Å²) in [5.41, 5.74) is 13.0. The molecule has 43 heavy (non-hydrogen) atoms. The number of halogens is 3. The molecule has 0 aliphatic heterocycles. The molecule has 0 spiro atoms. The third-order valence-electron chi connectivity index (χ3n) is 5.39. The molecule has 0 bridgehead atoms. The zero-order valence-corrected chi connectivity index (χ0v) is 22.8. The highest BCUT2D eigenvalue weighted by molar-refractivity contribution is 5.92. The Morgan fingerprint density at radius 1 is 0.698 bits per heavy atom. The fraction of sp³-hybridized carbons (Fsp3) is 0.233. The predicted octanol–water partition coefficient (Wildman–Crippen LogP) is 4.83. The number of nitrogen functional groups attached to an aromatic ring is 2. The van der Waals surface area contributed by atoms with E-state index in [1.54, 1.807) is 12.1 Å². The van der Waals surface area contributed by atoms with E-state index in [0.29, 0.717) is 16.9 Å². The van der Waals surface area contributed by atoms with E-state index in [1.165, 1.54) is 66.7 Å². The van der Waals surface area contributed by atoms with E-state index in [9.17, 15) is 27.6 Å². The Kier molecular flexibility index (Phi) is 11.9. The van der Waals surface area contributed by atoms with Gasteiger partial charge in [-0.1, -0.05) is 12.1 Å². The van der Waals surface area contributed by atoms with Crippen molar-refractivity contribution >= 4 is 35.4 Å². The second-order valence-electron chi connectivity index (χ2n) is 8.83. The maximum Gasteiger partial charge on any atom is 0.392 e. The van der Waals surface area contributed by atoms with Crippen molar-refractivity contribution in [3.63, 3.8) is 0 Å². The van der Waals surface area contributed by atoms with Crippen LogP contribution in [0.2, 0.25) is 0 Å². The Morgan fingerprint density at radius 2 is 1.30 bits per heavy atom. The third-order valence-corrected chi connectivity index (χ3v) is 5.39. The van der Waals surface area contributed by atoms with E-state index in [1.807, 2.05) is 0 Å². The molecule has 4 N–H and O–H groups in total. The van der Waals surface area contributed by atoms with Crippen LogP contribution in [0.5, 0.6) is 11.5 Å². The van der Waals surface area contributed by atoms with E-state index in [2.05, 4.69) is 0 Å². The van der Waals surface area contributed by atoms with Crippen molar-refractivity contribution in [1.29, 1.82) is 0 Å². The number of alkyl halides is 3. The van der Waals surface area contributed by atoms with Crippen LogP contribution in [0.15, 0.2) is 72.8 Å². The monoisotopic (exact) mass is 602 g/mol. The quantitative estimate of drug-likeness (QED) is 0.0864. The molecular weight excluding hydrogens is 573 g/mol. The average molecular weight is 603 g/mol. The molecule has 3 aromatic carbocycles. The number of carbonyl (C=O) groups excluding carboxylic acids is 3. The second kappa shape index (κ2) is 15.8. The lowest BCUT2D eigenvalue weighted by molar-refractivity contribution is -0.140. The molecule has 3 aromatic rings. The summed E-state index contributed by atoms with van der Waals surface area (Å²) in [6.45, 7) is -0.361. The Hall–Kier alpha value is -5.04. The van der Waals surface area contributed by atoms with Gasteiger partial charge in [0.05, 0.1) is 37.4 Å². The summed E-state index contributed by atoms with van der Waals surface area (Å²) in [5.74, 6) is -1.41. The first-order valence-electron chi connectivity index (χ1n) is 12.9. The SMILES string of the molecule is Nc1cc(N)cc(C(=O)OCCOCCOC(=O)/C=C/c2ccc(OC(=O)c3ccc(OCCC(F)(F)F)cc3)cc2)c1. The molecule has 228 valence electrons. The van der Waals surface area contributed by atoms with Crippen LogP contribution in [0, 0.1) is 0 Å². The molecule has 0 aromatic heterocycles.